The number of nitrogens with zero attached hydrogens (tertiary/aromatic N) is 4. The summed E-state index contributed by atoms with van der Waals surface area (Å²) in [5.74, 6) is 0.0668. The van der Waals surface area contributed by atoms with Crippen LogP contribution >= 0.6 is 0 Å². The summed E-state index contributed by atoms with van der Waals surface area (Å²) in [5, 5.41) is 9.37. The summed E-state index contributed by atoms with van der Waals surface area (Å²) in [6, 6.07) is 19.1. The smallest absolute Gasteiger partial charge is 0.323 e. The second-order valence-corrected chi connectivity index (χ2v) is 8.15. The number of imidazole rings is 1. The molecule has 168 valence electrons. The van der Waals surface area contributed by atoms with Gasteiger partial charge in [-0.05, 0) is 29.8 Å². The van der Waals surface area contributed by atoms with Gasteiger partial charge in [-0.2, -0.15) is 0 Å². The van der Waals surface area contributed by atoms with E-state index in [0.29, 0.717) is 24.7 Å². The van der Waals surface area contributed by atoms with E-state index < -0.39 is 5.97 Å². The molecule has 1 saturated heterocycles. The summed E-state index contributed by atoms with van der Waals surface area (Å²) >= 11 is 0. The molecule has 1 amide bonds. The van der Waals surface area contributed by atoms with Crippen LogP contribution in [0.15, 0.2) is 71.3 Å². The molecule has 8 nitrogen and oxygen atoms in total. The van der Waals surface area contributed by atoms with Gasteiger partial charge in [0.25, 0.3) is 5.91 Å². The Bertz CT molecular complexity index is 1270. The second-order valence-electron chi connectivity index (χ2n) is 8.15. The summed E-state index contributed by atoms with van der Waals surface area (Å²) in [6.45, 7) is 3.56. The van der Waals surface area contributed by atoms with Gasteiger partial charge in [0.05, 0.1) is 17.3 Å². The number of furan rings is 1. The fraction of sp³-hybridized carbons (Fsp3) is 0.240. The topological polar surface area (TPSA) is 91.8 Å². The van der Waals surface area contributed by atoms with Crippen molar-refractivity contribution in [3.8, 4) is 11.4 Å². The lowest BCUT2D eigenvalue weighted by atomic mass is 10.1. The molecule has 1 aliphatic heterocycles. The van der Waals surface area contributed by atoms with Crippen LogP contribution in [0.1, 0.15) is 16.1 Å². The van der Waals surface area contributed by atoms with Crippen LogP contribution in [0.5, 0.6) is 0 Å². The number of piperazine rings is 1. The second kappa shape index (κ2) is 8.91. The van der Waals surface area contributed by atoms with E-state index >= 15 is 0 Å². The van der Waals surface area contributed by atoms with Crippen molar-refractivity contribution in [3.05, 3.63) is 78.3 Å². The van der Waals surface area contributed by atoms with Crippen molar-refractivity contribution in [1.29, 1.82) is 0 Å². The zero-order valence-corrected chi connectivity index (χ0v) is 18.1. The number of rotatable bonds is 6. The molecule has 0 saturated carbocycles. The summed E-state index contributed by atoms with van der Waals surface area (Å²) in [7, 11) is 0. The normalized spacial score (nSPS) is 14.6. The molecule has 0 bridgehead atoms. The molecule has 0 spiro atoms. The van der Waals surface area contributed by atoms with Crippen LogP contribution in [0.25, 0.3) is 22.4 Å². The van der Waals surface area contributed by atoms with Gasteiger partial charge in [0.15, 0.2) is 5.76 Å². The van der Waals surface area contributed by atoms with Crippen molar-refractivity contribution in [2.45, 2.75) is 13.1 Å². The Labute approximate surface area is 190 Å². The summed E-state index contributed by atoms with van der Waals surface area (Å²) in [4.78, 5) is 32.7. The summed E-state index contributed by atoms with van der Waals surface area (Å²) in [6.07, 6.45) is 1.52. The lowest BCUT2D eigenvalue weighted by Crippen LogP contribution is -2.48. The van der Waals surface area contributed by atoms with E-state index in [2.05, 4.69) is 22.0 Å². The Morgan fingerprint density at radius 1 is 0.939 bits per heavy atom. The number of aromatic nitrogens is 2. The minimum Gasteiger partial charge on any atom is -0.480 e. The van der Waals surface area contributed by atoms with Gasteiger partial charge in [-0.3, -0.25) is 14.5 Å². The number of carboxylic acids is 1. The number of benzene rings is 2. The molecule has 0 aliphatic carbocycles. The molecule has 0 atom stereocenters. The Balaban J connectivity index is 1.26. The summed E-state index contributed by atoms with van der Waals surface area (Å²) < 4.78 is 6.96. The number of fused-ring (bicyclic) bond motifs is 1. The largest absolute Gasteiger partial charge is 0.480 e. The highest BCUT2D eigenvalue weighted by atomic mass is 16.4. The fourth-order valence-electron chi connectivity index (χ4n) is 4.27. The Morgan fingerprint density at radius 3 is 2.39 bits per heavy atom. The third-order valence-corrected chi connectivity index (χ3v) is 5.96. The standard InChI is InChI=1S/C25H24N4O4/c30-23(31)17-29-21-5-2-1-4-20(21)26-24(29)19-9-7-18(8-10-19)16-27-11-13-28(14-12-27)25(32)22-6-3-15-33-22/h1-10,15H,11-14,16-17H2,(H,30,31). The van der Waals surface area contributed by atoms with Crippen LogP contribution in [0, 0.1) is 0 Å². The van der Waals surface area contributed by atoms with Gasteiger partial charge in [-0.1, -0.05) is 36.4 Å². The molecule has 3 heterocycles. The molecule has 5 rings (SSSR count). The SMILES string of the molecule is O=C(O)Cn1c(-c2ccc(CN3CCN(C(=O)c4ccco4)CC3)cc2)nc2ccccc21. The maximum atomic E-state index is 12.4. The molecule has 2 aromatic heterocycles. The van der Waals surface area contributed by atoms with E-state index in [0.717, 1.165) is 41.8 Å². The van der Waals surface area contributed by atoms with Crippen molar-refractivity contribution in [1.82, 2.24) is 19.4 Å². The lowest BCUT2D eigenvalue weighted by molar-refractivity contribution is -0.137. The molecule has 1 aliphatic rings. The minimum atomic E-state index is -0.902. The predicted octanol–water partition coefficient (Wildman–Crippen LogP) is 3.34. The monoisotopic (exact) mass is 444 g/mol. The van der Waals surface area contributed by atoms with Gasteiger partial charge in [0.1, 0.15) is 12.4 Å². The quantitative estimate of drug-likeness (QED) is 0.490. The molecule has 0 unspecified atom stereocenters. The van der Waals surface area contributed by atoms with Crippen molar-refractivity contribution >= 4 is 22.9 Å². The van der Waals surface area contributed by atoms with Gasteiger partial charge in [0, 0.05) is 38.3 Å². The van der Waals surface area contributed by atoms with Crippen molar-refractivity contribution in [3.63, 3.8) is 0 Å². The first-order valence-electron chi connectivity index (χ1n) is 10.9. The van der Waals surface area contributed by atoms with Crippen LogP contribution in [0.3, 0.4) is 0 Å². The van der Waals surface area contributed by atoms with Gasteiger partial charge >= 0.3 is 5.97 Å². The van der Waals surface area contributed by atoms with Crippen LogP contribution in [-0.2, 0) is 17.9 Å². The molecule has 4 aromatic rings. The van der Waals surface area contributed by atoms with Crippen molar-refractivity contribution in [2.24, 2.45) is 0 Å². The fourth-order valence-corrected chi connectivity index (χ4v) is 4.27. The zero-order chi connectivity index (χ0) is 22.8. The van der Waals surface area contributed by atoms with Crippen LogP contribution in [-0.4, -0.2) is 62.5 Å². The Morgan fingerprint density at radius 2 is 1.70 bits per heavy atom. The number of amides is 1. The molecular weight excluding hydrogens is 420 g/mol. The first-order valence-corrected chi connectivity index (χ1v) is 10.9. The molecule has 8 heteroatoms. The number of hydrogen-bond acceptors (Lipinski definition) is 5. The number of para-hydroxylation sites is 2. The predicted molar refractivity (Wildman–Crippen MR) is 123 cm³/mol. The third kappa shape index (κ3) is 4.38. The molecule has 2 aromatic carbocycles. The molecule has 1 fully saturated rings. The van der Waals surface area contributed by atoms with E-state index in [1.54, 1.807) is 16.7 Å². The van der Waals surface area contributed by atoms with Crippen molar-refractivity contribution in [2.75, 3.05) is 26.2 Å². The maximum absolute atomic E-state index is 12.4. The van der Waals surface area contributed by atoms with Gasteiger partial charge in [0.2, 0.25) is 0 Å². The minimum absolute atomic E-state index is 0.0618. The average Bonchev–Trinajstić information content (AvgIpc) is 3.48. The summed E-state index contributed by atoms with van der Waals surface area (Å²) in [5.41, 5.74) is 3.62. The Hall–Kier alpha value is -3.91. The molecule has 0 radical (unpaired) electrons. The van der Waals surface area contributed by atoms with E-state index in [1.807, 2.05) is 41.3 Å². The van der Waals surface area contributed by atoms with E-state index in [4.69, 9.17) is 4.42 Å². The molecule has 33 heavy (non-hydrogen) atoms. The number of aliphatic carboxylic acids is 1. The van der Waals surface area contributed by atoms with E-state index in [9.17, 15) is 14.7 Å². The van der Waals surface area contributed by atoms with E-state index in [-0.39, 0.29) is 12.5 Å². The number of carbonyl (C=O) groups excluding carboxylic acids is 1. The highest BCUT2D eigenvalue weighted by Crippen LogP contribution is 2.25. The highest BCUT2D eigenvalue weighted by molar-refractivity contribution is 5.91. The Kier molecular flexibility index (Phi) is 5.66. The molecular formula is C25H24N4O4. The van der Waals surface area contributed by atoms with E-state index in [1.165, 1.54) is 6.26 Å². The third-order valence-electron chi connectivity index (χ3n) is 5.96. The lowest BCUT2D eigenvalue weighted by Gasteiger charge is -2.34. The van der Waals surface area contributed by atoms with Gasteiger partial charge < -0.3 is 19.0 Å². The van der Waals surface area contributed by atoms with Crippen LogP contribution in [0.4, 0.5) is 0 Å². The highest BCUT2D eigenvalue weighted by Gasteiger charge is 2.23. The average molecular weight is 444 g/mol. The first kappa shape index (κ1) is 21.0. The zero-order valence-electron chi connectivity index (χ0n) is 18.1. The molecule has 1 N–H and O–H groups in total. The number of carboxylic acid groups (broad SMARTS) is 1. The number of carbonyl (C=O) groups is 2. The number of hydrogen-bond donors (Lipinski definition) is 1. The van der Waals surface area contributed by atoms with Gasteiger partial charge in [-0.15, -0.1) is 0 Å². The van der Waals surface area contributed by atoms with Crippen LogP contribution < -0.4 is 0 Å². The van der Waals surface area contributed by atoms with Crippen LogP contribution in [0.2, 0.25) is 0 Å². The van der Waals surface area contributed by atoms with Crippen molar-refractivity contribution < 1.29 is 19.1 Å². The maximum Gasteiger partial charge on any atom is 0.323 e. The van der Waals surface area contributed by atoms with Gasteiger partial charge in [-0.25, -0.2) is 4.98 Å². The first-order chi connectivity index (χ1) is 16.1.